The van der Waals surface area contributed by atoms with Gasteiger partial charge in [0.25, 0.3) is 0 Å². The summed E-state index contributed by atoms with van der Waals surface area (Å²) in [5.74, 6) is -0.0796. The number of phosphoric acid groups is 2. The van der Waals surface area contributed by atoms with Crippen LogP contribution in [-0.4, -0.2) is 168 Å². The molecule has 0 bridgehead atoms. The normalized spacial score (nSPS) is 31.2. The molecule has 15 atom stereocenters. The molecule has 6 aromatic heterocycles. The minimum Gasteiger partial charge on any atom is -0.387 e. The molecule has 6 aromatic rings. The first-order valence-corrected chi connectivity index (χ1v) is 23.1. The lowest BCUT2D eigenvalue weighted by Gasteiger charge is -2.28. The van der Waals surface area contributed by atoms with Gasteiger partial charge >= 0.3 is 23.9 Å². The maximum atomic E-state index is 13.9. The molecule has 0 radical (unpaired) electrons. The van der Waals surface area contributed by atoms with E-state index in [1.54, 1.807) is 0 Å². The highest BCUT2D eigenvalue weighted by atomic mass is 31.2. The van der Waals surface area contributed by atoms with Crippen LogP contribution in [-0.2, 0) is 50.5 Å². The van der Waals surface area contributed by atoms with Crippen molar-refractivity contribution in [2.45, 2.75) is 73.6 Å². The van der Waals surface area contributed by atoms with Crippen molar-refractivity contribution in [3.63, 3.8) is 0 Å². The number of rotatable bonds is 16. The number of hydrogen-bond donors (Lipinski definition) is 10. The van der Waals surface area contributed by atoms with E-state index in [-0.39, 0.29) is 50.9 Å². The van der Waals surface area contributed by atoms with Crippen LogP contribution in [0.15, 0.2) is 38.0 Å². The van der Waals surface area contributed by atoms with Gasteiger partial charge in [0.1, 0.15) is 97.1 Å². The van der Waals surface area contributed by atoms with E-state index in [2.05, 4.69) is 44.9 Å². The second kappa shape index (κ2) is 17.9. The summed E-state index contributed by atoms with van der Waals surface area (Å²) in [6.07, 6.45) is -13.3. The number of fused-ring (bicyclic) bond motifs is 3. The second-order valence-corrected chi connectivity index (χ2v) is 18.2. The molecule has 3 aliphatic heterocycles. The van der Waals surface area contributed by atoms with E-state index in [9.17, 15) is 48.8 Å². The summed E-state index contributed by atoms with van der Waals surface area (Å²) in [5, 5.41) is 43.6. The number of nitrogens with zero attached hydrogens (tertiary/aromatic N) is 12. The minimum absolute atomic E-state index is 0.00516. The lowest BCUT2D eigenvalue weighted by molar-refractivity contribution is -0.0614. The Morgan fingerprint density at radius 1 is 0.561 bits per heavy atom. The third-order valence-electron chi connectivity index (χ3n) is 10.6. The summed E-state index contributed by atoms with van der Waals surface area (Å²) in [6, 6.07) is 0. The van der Waals surface area contributed by atoms with Crippen molar-refractivity contribution in [2.24, 2.45) is 0 Å². The van der Waals surface area contributed by atoms with Gasteiger partial charge in [-0.2, -0.15) is 0 Å². The van der Waals surface area contributed by atoms with Gasteiger partial charge in [0, 0.05) is 4.57 Å². The average Bonchev–Trinajstić information content (AvgIpc) is 4.13. The first-order chi connectivity index (χ1) is 31.4. The molecular weight excluding hydrogens is 951 g/mol. The van der Waals surface area contributed by atoms with Crippen LogP contribution in [0.5, 0.6) is 0 Å². The smallest absolute Gasteiger partial charge is 0.387 e. The van der Waals surface area contributed by atoms with Gasteiger partial charge < -0.3 is 61.6 Å². The van der Waals surface area contributed by atoms with Gasteiger partial charge in [-0.3, -0.25) is 31.8 Å². The van der Waals surface area contributed by atoms with E-state index in [1.807, 2.05) is 0 Å². The van der Waals surface area contributed by atoms with Crippen LogP contribution in [0.1, 0.15) is 18.7 Å². The molecule has 3 unspecified atom stereocenters. The van der Waals surface area contributed by atoms with Crippen LogP contribution >= 0.6 is 23.9 Å². The SMILES string of the molecule is Nc1ncnc2c1ncn2[C@@H]1O[C@H](COP(=O)(O)O[C@@H]2[C@H](OP(=O)(O)OC[C@H]3O[C@@H](n4cnc5c(N)ncnc54)[C@H](O)[C@@H]3O)[C@@H](CO[P+](=O)O)O[C@H]2n2cnc3c(N)ncnc32)[C@@H](O)[C@H]1O. The van der Waals surface area contributed by atoms with Crippen molar-refractivity contribution in [1.29, 1.82) is 0 Å². The number of aliphatic hydroxyl groups is 4. The van der Waals surface area contributed by atoms with Gasteiger partial charge in [-0.05, 0) is 0 Å². The Kier molecular flexibility index (Phi) is 12.5. The molecule has 0 amide bonds. The number of phosphoric ester groups is 2. The maximum Gasteiger partial charge on any atom is 0.694 e. The molecule has 354 valence electrons. The van der Waals surface area contributed by atoms with Crippen molar-refractivity contribution >= 4 is 74.8 Å². The van der Waals surface area contributed by atoms with E-state index in [4.69, 9.17) is 54.0 Å². The number of imidazole rings is 3. The van der Waals surface area contributed by atoms with Crippen LogP contribution in [0.2, 0.25) is 0 Å². The van der Waals surface area contributed by atoms with Gasteiger partial charge in [0.05, 0.1) is 32.2 Å². The number of anilines is 3. The van der Waals surface area contributed by atoms with E-state index < -0.39 is 117 Å². The molecule has 3 saturated heterocycles. The quantitative estimate of drug-likeness (QED) is 0.0434. The number of ether oxygens (including phenoxy) is 3. The molecule has 0 spiro atoms. The topological polar surface area (TPSA) is 476 Å². The molecule has 13 N–H and O–H groups in total. The standard InChI is InChI=1S/C30H36N15O18P3/c31-22-13-25(37-4-34-22)43(7-40-13)28-18(48)16(46)10(59-28)2-57-65(52,53)62-20-12(1-56-64(50)51)61-30(45-9-42-15-24(33)36-6-39-27(15)45)21(20)63-66(54,55)58-3-11-17(47)19(49)29(60-11)44-8-41-14-23(32)35-5-38-26(14)44/h4-12,16-21,28-30,46-49H,1-3H2,(H8-,31,32,33,34,35,36,37,38,39,50,51,52,53,54,55)/p+1/t10-,11-,12-,16-,17-,18-,19-,20-,21-,28-,29-,30-/m1/s1. The van der Waals surface area contributed by atoms with Crippen LogP contribution in [0.4, 0.5) is 17.5 Å². The largest absolute Gasteiger partial charge is 0.694 e. The Labute approximate surface area is 367 Å². The molecule has 66 heavy (non-hydrogen) atoms. The van der Waals surface area contributed by atoms with Crippen molar-refractivity contribution in [3.05, 3.63) is 38.0 Å². The monoisotopic (exact) mass is 988 g/mol. The van der Waals surface area contributed by atoms with Crippen molar-refractivity contribution in [1.82, 2.24) is 58.6 Å². The van der Waals surface area contributed by atoms with Crippen molar-refractivity contribution in [3.8, 4) is 0 Å². The second-order valence-electron chi connectivity index (χ2n) is 14.6. The van der Waals surface area contributed by atoms with Crippen molar-refractivity contribution in [2.75, 3.05) is 37.0 Å². The van der Waals surface area contributed by atoms with Gasteiger partial charge in [-0.25, -0.2) is 54.0 Å². The lowest BCUT2D eigenvalue weighted by Crippen LogP contribution is -2.38. The summed E-state index contributed by atoms with van der Waals surface area (Å²) in [4.78, 5) is 68.0. The van der Waals surface area contributed by atoms with Crippen LogP contribution < -0.4 is 17.2 Å². The Morgan fingerprint density at radius 3 is 1.35 bits per heavy atom. The maximum absolute atomic E-state index is 13.9. The molecule has 0 aromatic carbocycles. The third kappa shape index (κ3) is 8.71. The molecule has 3 aliphatic rings. The fraction of sp³-hybridized carbons (Fsp3) is 0.500. The Balaban J connectivity index is 0.956. The first-order valence-electron chi connectivity index (χ1n) is 19.0. The number of aliphatic hydroxyl groups excluding tert-OH is 4. The minimum atomic E-state index is -5.49. The molecule has 9 rings (SSSR count). The highest BCUT2D eigenvalue weighted by Crippen LogP contribution is 2.55. The summed E-state index contributed by atoms with van der Waals surface area (Å²) >= 11 is 0. The van der Waals surface area contributed by atoms with Crippen LogP contribution in [0, 0.1) is 0 Å². The van der Waals surface area contributed by atoms with Crippen LogP contribution in [0.3, 0.4) is 0 Å². The van der Waals surface area contributed by atoms with Gasteiger partial charge in [0.15, 0.2) is 53.1 Å². The predicted octanol–water partition coefficient (Wildman–Crippen LogP) is -2.94. The molecule has 3 fully saturated rings. The highest BCUT2D eigenvalue weighted by molar-refractivity contribution is 7.47. The lowest BCUT2D eigenvalue weighted by atomic mass is 10.1. The summed E-state index contributed by atoms with van der Waals surface area (Å²) < 4.78 is 86.9. The molecule has 0 aliphatic carbocycles. The van der Waals surface area contributed by atoms with Gasteiger partial charge in [-0.1, -0.05) is 0 Å². The zero-order valence-electron chi connectivity index (χ0n) is 33.1. The summed E-state index contributed by atoms with van der Waals surface area (Å²) in [7, 11) is -14.3. The number of nitrogens with two attached hydrogens (primary N) is 3. The first kappa shape index (κ1) is 46.1. The zero-order chi connectivity index (χ0) is 46.8. The molecule has 9 heterocycles. The van der Waals surface area contributed by atoms with Crippen LogP contribution in [0.25, 0.3) is 33.5 Å². The number of hydrogen-bond acceptors (Lipinski definition) is 27. The van der Waals surface area contributed by atoms with E-state index >= 15 is 0 Å². The van der Waals surface area contributed by atoms with E-state index in [1.165, 1.54) is 21.8 Å². The predicted molar refractivity (Wildman–Crippen MR) is 212 cm³/mol. The molecule has 0 saturated carbocycles. The Hall–Kier alpha value is -4.99. The average molecular weight is 989 g/mol. The van der Waals surface area contributed by atoms with Crippen molar-refractivity contribution < 1.29 is 85.6 Å². The summed E-state index contributed by atoms with van der Waals surface area (Å²) in [6.45, 7) is -2.76. The van der Waals surface area contributed by atoms with E-state index in [0.717, 1.165) is 29.9 Å². The van der Waals surface area contributed by atoms with E-state index in [0.29, 0.717) is 0 Å². The fourth-order valence-corrected chi connectivity index (χ4v) is 9.67. The number of nitrogen functional groups attached to an aromatic ring is 3. The highest BCUT2D eigenvalue weighted by Gasteiger charge is 2.55. The van der Waals surface area contributed by atoms with Gasteiger partial charge in [-0.15, -0.1) is 9.42 Å². The molecular formula is C30H37N15O18P3+. The molecule has 36 heteroatoms. The fourth-order valence-electron chi connectivity index (χ4n) is 7.51. The summed E-state index contributed by atoms with van der Waals surface area (Å²) in [5.41, 5.74) is 18.2. The Bertz CT molecular complexity index is 2880. The third-order valence-corrected chi connectivity index (χ3v) is 12.9. The Morgan fingerprint density at radius 2 is 0.939 bits per heavy atom. The number of aromatic nitrogens is 12. The molecule has 33 nitrogen and oxygen atoms in total. The van der Waals surface area contributed by atoms with Gasteiger partial charge in [0.2, 0.25) is 0 Å². The zero-order valence-corrected chi connectivity index (χ0v) is 35.8.